The van der Waals surface area contributed by atoms with Crippen LogP contribution in [0.25, 0.3) is 0 Å². The molecular formula is C14H10Cl9O. The second-order valence-corrected chi connectivity index (χ2v) is 11.9. The Bertz CT molecular complexity index is 609. The number of rotatable bonds is 3. The molecule has 0 fully saturated rings. The van der Waals surface area contributed by atoms with E-state index in [1.54, 1.807) is 12.1 Å². The zero-order valence-corrected chi connectivity index (χ0v) is 18.5. The van der Waals surface area contributed by atoms with Crippen LogP contribution in [0.5, 0.6) is 0 Å². The first-order valence-corrected chi connectivity index (χ1v) is 10.1. The van der Waals surface area contributed by atoms with Crippen molar-refractivity contribution >= 4 is 104 Å². The monoisotopic (exact) mass is 509 g/mol. The Kier molecular flexibility index (Phi) is 6.73. The van der Waals surface area contributed by atoms with Gasteiger partial charge >= 0.3 is 0 Å². The van der Waals surface area contributed by atoms with E-state index in [0.717, 1.165) is 5.56 Å². The number of hydrogen-bond acceptors (Lipinski definition) is 0. The van der Waals surface area contributed by atoms with E-state index in [9.17, 15) is 5.11 Å². The zero-order valence-electron chi connectivity index (χ0n) is 11.7. The topological polar surface area (TPSA) is 19.9 Å². The number of hydrogen-bond donors (Lipinski definition) is 0. The van der Waals surface area contributed by atoms with Gasteiger partial charge in [0.05, 0.1) is 0 Å². The minimum Gasteiger partial charge on any atom is -0.227 e. The van der Waals surface area contributed by atoms with Crippen LogP contribution in [0, 0.1) is 5.92 Å². The smallest absolute Gasteiger partial charge is 0.226 e. The minimum absolute atomic E-state index is 0.323. The van der Waals surface area contributed by atoms with Gasteiger partial charge in [0, 0.05) is 5.92 Å². The van der Waals surface area contributed by atoms with E-state index < -0.39 is 28.8 Å². The molecular weight excluding hydrogens is 503 g/mol. The lowest BCUT2D eigenvalue weighted by Crippen LogP contribution is -2.59. The zero-order chi connectivity index (χ0) is 18.6. The third kappa shape index (κ3) is 3.58. The molecule has 0 saturated heterocycles. The van der Waals surface area contributed by atoms with E-state index in [4.69, 9.17) is 104 Å². The van der Waals surface area contributed by atoms with E-state index >= 15 is 0 Å². The minimum atomic E-state index is -2.38. The van der Waals surface area contributed by atoms with Gasteiger partial charge in [-0.1, -0.05) is 129 Å². The Hall–Kier alpha value is 1.79. The lowest BCUT2D eigenvalue weighted by molar-refractivity contribution is 0.0149. The first-order chi connectivity index (χ1) is 10.7. The average Bonchev–Trinajstić information content (AvgIpc) is 2.46. The van der Waals surface area contributed by atoms with E-state index in [1.165, 1.54) is 0 Å². The molecule has 0 spiro atoms. The maximum absolute atomic E-state index is 12.9. The highest BCUT2D eigenvalue weighted by atomic mass is 35.6. The molecule has 1 radical (unpaired) electrons. The molecule has 2 unspecified atom stereocenters. The fourth-order valence-electron chi connectivity index (χ4n) is 2.71. The van der Waals surface area contributed by atoms with Gasteiger partial charge in [-0.15, -0.1) is 0 Å². The molecule has 0 heterocycles. The van der Waals surface area contributed by atoms with Crippen LogP contribution in [0.1, 0.15) is 23.7 Å². The van der Waals surface area contributed by atoms with Crippen LogP contribution in [-0.2, 0) is 11.5 Å². The molecule has 2 rings (SSSR count). The van der Waals surface area contributed by atoms with Crippen molar-refractivity contribution in [3.8, 4) is 0 Å². The van der Waals surface area contributed by atoms with Crippen LogP contribution >= 0.6 is 104 Å². The van der Waals surface area contributed by atoms with E-state index in [1.807, 2.05) is 12.1 Å². The molecule has 1 aromatic rings. The van der Waals surface area contributed by atoms with E-state index in [-0.39, 0.29) is 0 Å². The quantitative estimate of drug-likeness (QED) is 0.371. The summed E-state index contributed by atoms with van der Waals surface area (Å²) in [6.45, 7) is 0. The summed E-state index contributed by atoms with van der Waals surface area (Å²) in [4.78, 5) is 0. The third-order valence-corrected chi connectivity index (χ3v) is 9.72. The highest BCUT2D eigenvalue weighted by Gasteiger charge is 2.70. The molecule has 1 aromatic carbocycles. The van der Waals surface area contributed by atoms with Gasteiger partial charge in [0.25, 0.3) is 0 Å². The molecule has 1 aliphatic rings. The van der Waals surface area contributed by atoms with Crippen molar-refractivity contribution in [3.63, 3.8) is 0 Å². The van der Waals surface area contributed by atoms with Gasteiger partial charge in [0.2, 0.25) is 3.79 Å². The molecule has 135 valence electrons. The molecule has 0 aromatic heterocycles. The molecule has 0 aliphatic heterocycles. The van der Waals surface area contributed by atoms with Crippen molar-refractivity contribution in [2.75, 3.05) is 0 Å². The lowest BCUT2D eigenvalue weighted by atomic mass is 9.78. The summed E-state index contributed by atoms with van der Waals surface area (Å²) in [6, 6.07) is 7.17. The molecule has 1 aliphatic carbocycles. The second-order valence-electron chi connectivity index (χ2n) is 5.53. The van der Waals surface area contributed by atoms with Crippen LogP contribution in [0.3, 0.4) is 0 Å². The molecule has 24 heavy (non-hydrogen) atoms. The number of alkyl halides is 9. The maximum atomic E-state index is 12.9. The van der Waals surface area contributed by atoms with Crippen molar-refractivity contribution < 1.29 is 5.11 Å². The van der Waals surface area contributed by atoms with Crippen LogP contribution in [0.4, 0.5) is 0 Å². The Morgan fingerprint density at radius 1 is 0.833 bits per heavy atom. The van der Waals surface area contributed by atoms with Gasteiger partial charge in [-0.05, 0) is 24.0 Å². The van der Waals surface area contributed by atoms with Crippen molar-refractivity contribution in [3.05, 3.63) is 35.4 Å². The number of halogens is 9. The fraction of sp³-hybridized carbons (Fsp3) is 0.571. The molecule has 2 atom stereocenters. The van der Waals surface area contributed by atoms with E-state index in [2.05, 4.69) is 0 Å². The molecule has 0 bridgehead atoms. The summed E-state index contributed by atoms with van der Waals surface area (Å²) in [6.07, 6.45) is -0.402. The highest BCUT2D eigenvalue weighted by Crippen LogP contribution is 2.65. The van der Waals surface area contributed by atoms with Crippen molar-refractivity contribution in [2.45, 2.75) is 35.7 Å². The Morgan fingerprint density at radius 3 is 1.92 bits per heavy atom. The summed E-state index contributed by atoms with van der Waals surface area (Å²) in [5.41, 5.74) is 1.48. The Balaban J connectivity index is 2.44. The highest BCUT2D eigenvalue weighted by molar-refractivity contribution is 6.80. The number of aryl methyl sites for hydroxylation is 1. The van der Waals surface area contributed by atoms with Gasteiger partial charge in [0.1, 0.15) is 6.10 Å². The first kappa shape index (κ1) is 22.1. The molecule has 0 amide bonds. The van der Waals surface area contributed by atoms with E-state index in [0.29, 0.717) is 18.4 Å². The van der Waals surface area contributed by atoms with Crippen molar-refractivity contribution in [1.82, 2.24) is 0 Å². The number of benzene rings is 1. The van der Waals surface area contributed by atoms with Gasteiger partial charge in [0.15, 0.2) is 13.0 Å². The summed E-state index contributed by atoms with van der Waals surface area (Å²) in [5, 5.41) is 12.9. The fourth-order valence-corrected chi connectivity index (χ4v) is 5.21. The van der Waals surface area contributed by atoms with Crippen molar-refractivity contribution in [2.24, 2.45) is 5.92 Å². The lowest BCUT2D eigenvalue weighted by Gasteiger charge is -2.48. The SMILES string of the molecule is [O]C1c2ccccc2CCC1C(Cl)(Cl)C(Cl)(Cl)C(Cl)(Cl)C(Cl)(Cl)Cl. The summed E-state index contributed by atoms with van der Waals surface area (Å²) in [7, 11) is 0. The predicted octanol–water partition coefficient (Wildman–Crippen LogP) is 7.61. The molecule has 1 nitrogen and oxygen atoms in total. The van der Waals surface area contributed by atoms with Crippen LogP contribution in [0.2, 0.25) is 0 Å². The van der Waals surface area contributed by atoms with Crippen LogP contribution in [-0.4, -0.2) is 16.8 Å². The second kappa shape index (κ2) is 7.32. The summed E-state index contributed by atoms with van der Waals surface area (Å²) < 4.78 is -9.12. The van der Waals surface area contributed by atoms with Gasteiger partial charge < -0.3 is 0 Å². The maximum Gasteiger partial charge on any atom is 0.226 e. The molecule has 10 heteroatoms. The molecule has 0 N–H and O–H groups in total. The van der Waals surface area contributed by atoms with Gasteiger partial charge in [-0.2, -0.15) is 0 Å². The standard InChI is InChI=1S/C14H10Cl9O/c15-11(16,12(17,18)13(19,20)14(21,22)23)9-6-5-7-3-1-2-4-8(7)10(9)24/h1-4,9-10H,5-6H2. The first-order valence-electron chi connectivity index (χ1n) is 6.69. The predicted molar refractivity (Wildman–Crippen MR) is 105 cm³/mol. The Labute approximate surface area is 185 Å². The molecule has 0 saturated carbocycles. The van der Waals surface area contributed by atoms with Gasteiger partial charge in [-0.3, -0.25) is 0 Å². The number of fused-ring (bicyclic) bond motifs is 1. The van der Waals surface area contributed by atoms with Crippen LogP contribution in [0.15, 0.2) is 24.3 Å². The average molecular weight is 513 g/mol. The summed E-state index contributed by atoms with van der Waals surface area (Å²) >= 11 is 54.9. The van der Waals surface area contributed by atoms with Gasteiger partial charge in [-0.25, -0.2) is 5.11 Å². The van der Waals surface area contributed by atoms with Crippen molar-refractivity contribution in [1.29, 1.82) is 0 Å². The third-order valence-electron chi connectivity index (χ3n) is 4.09. The largest absolute Gasteiger partial charge is 0.227 e. The summed E-state index contributed by atoms with van der Waals surface area (Å²) in [5.74, 6) is -0.907. The normalized spacial score (nSPS) is 23.1. The Morgan fingerprint density at radius 2 is 1.38 bits per heavy atom. The van der Waals surface area contributed by atoms with Crippen LogP contribution < -0.4 is 0 Å².